The maximum atomic E-state index is 11.8. The lowest BCUT2D eigenvalue weighted by Crippen LogP contribution is -2.40. The van der Waals surface area contributed by atoms with Crippen molar-refractivity contribution < 1.29 is 9.90 Å². The highest BCUT2D eigenvalue weighted by molar-refractivity contribution is 9.10. The van der Waals surface area contributed by atoms with Crippen molar-refractivity contribution in [1.82, 2.24) is 5.43 Å². The third-order valence-electron chi connectivity index (χ3n) is 3.44. The highest BCUT2D eigenvalue weighted by atomic mass is 79.9. The van der Waals surface area contributed by atoms with Crippen molar-refractivity contribution in [2.75, 3.05) is 5.43 Å². The number of nitrogens with one attached hydrogen (secondary N) is 2. The van der Waals surface area contributed by atoms with Crippen LogP contribution in [0.5, 0.6) is 0 Å². The van der Waals surface area contributed by atoms with Crippen LogP contribution in [0.4, 0.5) is 5.69 Å². The molecule has 1 fully saturated rings. The molecule has 1 aliphatic carbocycles. The van der Waals surface area contributed by atoms with E-state index in [0.29, 0.717) is 0 Å². The molecule has 1 aromatic carbocycles. The lowest BCUT2D eigenvalue weighted by atomic mass is 9.82. The summed E-state index contributed by atoms with van der Waals surface area (Å²) in [7, 11) is 0. The van der Waals surface area contributed by atoms with Gasteiger partial charge in [0.25, 0.3) is 0 Å². The molecule has 0 atom stereocenters. The molecule has 1 saturated carbocycles. The normalized spacial score (nSPS) is 17.8. The molecule has 1 aromatic rings. The number of hydrogen-bond acceptors (Lipinski definition) is 3. The van der Waals surface area contributed by atoms with Crippen LogP contribution in [0.1, 0.15) is 38.5 Å². The van der Waals surface area contributed by atoms with Crippen LogP contribution < -0.4 is 10.9 Å². The van der Waals surface area contributed by atoms with Crippen molar-refractivity contribution in [2.45, 2.75) is 44.1 Å². The van der Waals surface area contributed by atoms with E-state index in [1.807, 2.05) is 24.3 Å². The number of amides is 1. The first-order valence-corrected chi connectivity index (χ1v) is 7.40. The van der Waals surface area contributed by atoms with E-state index in [1.54, 1.807) is 0 Å². The summed E-state index contributed by atoms with van der Waals surface area (Å²) in [6, 6.07) is 7.53. The highest BCUT2D eigenvalue weighted by Gasteiger charge is 2.31. The Labute approximate surface area is 121 Å². The quantitative estimate of drug-likeness (QED) is 0.745. The van der Waals surface area contributed by atoms with Crippen LogP contribution in [-0.2, 0) is 4.79 Å². The van der Waals surface area contributed by atoms with Crippen molar-refractivity contribution in [3.63, 3.8) is 0 Å². The number of carbonyl (C=O) groups excluding carboxylic acids is 1. The van der Waals surface area contributed by atoms with Crippen molar-refractivity contribution in [3.05, 3.63) is 28.7 Å². The van der Waals surface area contributed by atoms with Crippen LogP contribution in [0.2, 0.25) is 0 Å². The number of carbonyl (C=O) groups is 1. The largest absolute Gasteiger partial charge is 0.389 e. The molecule has 5 heteroatoms. The maximum Gasteiger partial charge on any atom is 0.241 e. The molecule has 3 N–H and O–H groups in total. The molecular weight excluding hydrogens is 308 g/mol. The Morgan fingerprint density at radius 1 is 1.32 bits per heavy atom. The lowest BCUT2D eigenvalue weighted by Gasteiger charge is -2.31. The molecule has 0 saturated heterocycles. The molecule has 0 radical (unpaired) electrons. The number of benzene rings is 1. The molecule has 0 unspecified atom stereocenters. The number of rotatable bonds is 4. The van der Waals surface area contributed by atoms with Gasteiger partial charge in [-0.15, -0.1) is 0 Å². The van der Waals surface area contributed by atoms with Crippen molar-refractivity contribution >= 4 is 27.5 Å². The molecule has 0 aromatic heterocycles. The third kappa shape index (κ3) is 4.51. The average Bonchev–Trinajstić information content (AvgIpc) is 2.37. The number of aliphatic hydroxyl groups is 1. The zero-order valence-corrected chi connectivity index (χ0v) is 12.4. The van der Waals surface area contributed by atoms with E-state index in [4.69, 9.17) is 0 Å². The summed E-state index contributed by atoms with van der Waals surface area (Å²) < 4.78 is 0.942. The van der Waals surface area contributed by atoms with Crippen LogP contribution >= 0.6 is 15.9 Å². The summed E-state index contributed by atoms with van der Waals surface area (Å²) in [4.78, 5) is 11.8. The van der Waals surface area contributed by atoms with E-state index in [0.717, 1.165) is 42.3 Å². The standard InChI is InChI=1S/C14H19BrN2O2/c15-11-5-4-6-12(9-11)16-17-13(18)10-14(19)7-2-1-3-8-14/h4-6,9,16,19H,1-3,7-8,10H2,(H,17,18). The SMILES string of the molecule is O=C(CC1(O)CCCCC1)NNc1cccc(Br)c1. The van der Waals surface area contributed by atoms with Gasteiger partial charge in [0.1, 0.15) is 0 Å². The zero-order chi connectivity index (χ0) is 13.7. The van der Waals surface area contributed by atoms with Gasteiger partial charge in [-0.3, -0.25) is 15.6 Å². The van der Waals surface area contributed by atoms with Gasteiger partial charge in [0, 0.05) is 4.47 Å². The minimum absolute atomic E-state index is 0.161. The fourth-order valence-electron chi connectivity index (χ4n) is 2.44. The van der Waals surface area contributed by atoms with Crippen LogP contribution in [0.15, 0.2) is 28.7 Å². The second-order valence-corrected chi connectivity index (χ2v) is 6.06. The van der Waals surface area contributed by atoms with E-state index >= 15 is 0 Å². The van der Waals surface area contributed by atoms with Gasteiger partial charge >= 0.3 is 0 Å². The van der Waals surface area contributed by atoms with E-state index in [9.17, 15) is 9.90 Å². The molecule has 0 aliphatic heterocycles. The van der Waals surface area contributed by atoms with Crippen LogP contribution in [0.3, 0.4) is 0 Å². The predicted octanol–water partition coefficient (Wildman–Crippen LogP) is 2.98. The monoisotopic (exact) mass is 326 g/mol. The molecule has 1 amide bonds. The Balaban J connectivity index is 1.81. The van der Waals surface area contributed by atoms with Gasteiger partial charge in [0.15, 0.2) is 0 Å². The van der Waals surface area contributed by atoms with Gasteiger partial charge in [0.2, 0.25) is 5.91 Å². The fourth-order valence-corrected chi connectivity index (χ4v) is 2.84. The van der Waals surface area contributed by atoms with Crippen LogP contribution in [-0.4, -0.2) is 16.6 Å². The Bertz CT molecular complexity index is 445. The third-order valence-corrected chi connectivity index (χ3v) is 3.94. The first-order valence-electron chi connectivity index (χ1n) is 6.60. The minimum Gasteiger partial charge on any atom is -0.389 e. The molecule has 0 spiro atoms. The van der Waals surface area contributed by atoms with Gasteiger partial charge in [-0.05, 0) is 31.0 Å². The molecule has 0 heterocycles. The molecule has 4 nitrogen and oxygen atoms in total. The summed E-state index contributed by atoms with van der Waals surface area (Å²) in [5, 5.41) is 10.3. The van der Waals surface area contributed by atoms with Gasteiger partial charge in [-0.1, -0.05) is 41.3 Å². The van der Waals surface area contributed by atoms with Crippen molar-refractivity contribution in [3.8, 4) is 0 Å². The highest BCUT2D eigenvalue weighted by Crippen LogP contribution is 2.30. The second kappa shape index (κ2) is 6.39. The summed E-state index contributed by atoms with van der Waals surface area (Å²) in [5.74, 6) is -0.177. The topological polar surface area (TPSA) is 61.4 Å². The first kappa shape index (κ1) is 14.3. The van der Waals surface area contributed by atoms with Gasteiger partial charge in [-0.2, -0.15) is 0 Å². The Kier molecular flexibility index (Phi) is 4.82. The van der Waals surface area contributed by atoms with Gasteiger partial charge < -0.3 is 5.11 Å². The Morgan fingerprint density at radius 3 is 2.74 bits per heavy atom. The molecule has 1 aliphatic rings. The van der Waals surface area contributed by atoms with Gasteiger partial charge in [-0.25, -0.2) is 0 Å². The minimum atomic E-state index is -0.818. The summed E-state index contributed by atoms with van der Waals surface area (Å²) in [6.45, 7) is 0. The van der Waals surface area contributed by atoms with E-state index < -0.39 is 5.60 Å². The summed E-state index contributed by atoms with van der Waals surface area (Å²) >= 11 is 3.36. The first-order chi connectivity index (χ1) is 9.07. The zero-order valence-electron chi connectivity index (χ0n) is 10.8. The number of hydrogen-bond donors (Lipinski definition) is 3. The molecule has 2 rings (SSSR count). The van der Waals surface area contributed by atoms with E-state index in [-0.39, 0.29) is 12.3 Å². The van der Waals surface area contributed by atoms with Crippen molar-refractivity contribution in [2.24, 2.45) is 0 Å². The van der Waals surface area contributed by atoms with E-state index in [1.165, 1.54) is 0 Å². The Hall–Kier alpha value is -1.07. The smallest absolute Gasteiger partial charge is 0.241 e. The second-order valence-electron chi connectivity index (χ2n) is 5.15. The number of anilines is 1. The van der Waals surface area contributed by atoms with Crippen molar-refractivity contribution in [1.29, 1.82) is 0 Å². The average molecular weight is 327 g/mol. The van der Waals surface area contributed by atoms with Crippen LogP contribution in [0.25, 0.3) is 0 Å². The van der Waals surface area contributed by atoms with E-state index in [2.05, 4.69) is 26.8 Å². The number of halogens is 1. The molecule has 0 bridgehead atoms. The molecule has 104 valence electrons. The molecular formula is C14H19BrN2O2. The fraction of sp³-hybridized carbons (Fsp3) is 0.500. The lowest BCUT2D eigenvalue weighted by molar-refractivity contribution is -0.126. The number of hydrazine groups is 1. The summed E-state index contributed by atoms with van der Waals surface area (Å²) in [5.41, 5.74) is 5.47. The van der Waals surface area contributed by atoms with Crippen LogP contribution in [0, 0.1) is 0 Å². The molecule has 19 heavy (non-hydrogen) atoms. The maximum absolute atomic E-state index is 11.8. The van der Waals surface area contributed by atoms with Gasteiger partial charge in [0.05, 0.1) is 17.7 Å². The predicted molar refractivity (Wildman–Crippen MR) is 78.6 cm³/mol. The summed E-state index contributed by atoms with van der Waals surface area (Å²) in [6.07, 6.45) is 4.76. The Morgan fingerprint density at radius 2 is 2.05 bits per heavy atom.